The van der Waals surface area contributed by atoms with Gasteiger partial charge in [-0.15, -0.1) is 0 Å². The van der Waals surface area contributed by atoms with E-state index in [0.29, 0.717) is 5.92 Å². The first-order valence-corrected chi connectivity index (χ1v) is 7.64. The van der Waals surface area contributed by atoms with E-state index in [9.17, 15) is 4.79 Å². The smallest absolute Gasteiger partial charge is 0.252 e. The highest BCUT2D eigenvalue weighted by molar-refractivity contribution is 5.39. The summed E-state index contributed by atoms with van der Waals surface area (Å²) in [6, 6.07) is 1.69. The number of H-pyrrole nitrogens is 1. The molecule has 1 N–H and O–H groups in total. The van der Waals surface area contributed by atoms with E-state index in [0.717, 1.165) is 36.6 Å². The van der Waals surface area contributed by atoms with Crippen LogP contribution < -0.4 is 10.5 Å². The lowest BCUT2D eigenvalue weighted by molar-refractivity contribution is 0.666. The Hall–Kier alpha value is -1.32. The molecular weight excluding hydrogens is 238 g/mol. The summed E-state index contributed by atoms with van der Waals surface area (Å²) in [6.07, 6.45) is 7.74. The van der Waals surface area contributed by atoms with Crippen molar-refractivity contribution in [2.75, 3.05) is 18.0 Å². The summed E-state index contributed by atoms with van der Waals surface area (Å²) in [7, 11) is 0. The number of aromatic amines is 1. The molecule has 0 aromatic carbocycles. The normalized spacial score (nSPS) is 22.5. The Morgan fingerprint density at radius 1 is 1.11 bits per heavy atom. The van der Waals surface area contributed by atoms with Crippen molar-refractivity contribution < 1.29 is 0 Å². The van der Waals surface area contributed by atoms with Crippen LogP contribution in [0, 0.1) is 11.8 Å². The van der Waals surface area contributed by atoms with E-state index < -0.39 is 0 Å². The molecule has 3 fully saturated rings. The highest BCUT2D eigenvalue weighted by Crippen LogP contribution is 2.39. The molecule has 3 aliphatic carbocycles. The van der Waals surface area contributed by atoms with Gasteiger partial charge in [0.25, 0.3) is 5.56 Å². The van der Waals surface area contributed by atoms with Crippen molar-refractivity contribution in [2.45, 2.75) is 44.4 Å². The molecule has 3 aliphatic rings. The number of anilines is 1. The third kappa shape index (κ3) is 2.82. The van der Waals surface area contributed by atoms with Crippen LogP contribution in [0.25, 0.3) is 0 Å². The quantitative estimate of drug-likeness (QED) is 0.852. The molecule has 4 heteroatoms. The van der Waals surface area contributed by atoms with E-state index in [1.807, 2.05) is 0 Å². The second-order valence-electron chi connectivity index (χ2n) is 6.55. The van der Waals surface area contributed by atoms with E-state index in [1.165, 1.54) is 38.5 Å². The third-order valence-electron chi connectivity index (χ3n) is 4.39. The maximum absolute atomic E-state index is 11.8. The summed E-state index contributed by atoms with van der Waals surface area (Å²) >= 11 is 0. The van der Waals surface area contributed by atoms with Gasteiger partial charge in [0.1, 0.15) is 11.6 Å². The van der Waals surface area contributed by atoms with Gasteiger partial charge in [-0.2, -0.15) is 0 Å². The SMILES string of the molecule is O=c1cc(N(CC2CC2)CC2CC2)nc(C2CC2)[nH]1. The van der Waals surface area contributed by atoms with Crippen LogP contribution in [-0.2, 0) is 0 Å². The largest absolute Gasteiger partial charge is 0.356 e. The minimum absolute atomic E-state index is 0.0171. The molecule has 102 valence electrons. The maximum Gasteiger partial charge on any atom is 0.252 e. The molecular formula is C15H21N3O. The molecule has 19 heavy (non-hydrogen) atoms. The number of nitrogens with one attached hydrogen (secondary N) is 1. The van der Waals surface area contributed by atoms with Gasteiger partial charge < -0.3 is 9.88 Å². The van der Waals surface area contributed by atoms with Crippen molar-refractivity contribution in [1.82, 2.24) is 9.97 Å². The Morgan fingerprint density at radius 2 is 1.74 bits per heavy atom. The van der Waals surface area contributed by atoms with Crippen LogP contribution in [0.5, 0.6) is 0 Å². The Bertz CT molecular complexity index is 512. The lowest BCUT2D eigenvalue weighted by atomic mass is 10.3. The van der Waals surface area contributed by atoms with Gasteiger partial charge in [-0.3, -0.25) is 4.79 Å². The van der Waals surface area contributed by atoms with Crippen LogP contribution in [0.15, 0.2) is 10.9 Å². The molecule has 0 spiro atoms. The van der Waals surface area contributed by atoms with Crippen molar-refractivity contribution in [2.24, 2.45) is 11.8 Å². The molecule has 0 amide bonds. The molecule has 0 unspecified atom stereocenters. The van der Waals surface area contributed by atoms with E-state index >= 15 is 0 Å². The Kier molecular flexibility index (Phi) is 2.64. The zero-order valence-corrected chi connectivity index (χ0v) is 11.3. The Morgan fingerprint density at radius 3 is 2.26 bits per heavy atom. The van der Waals surface area contributed by atoms with Crippen molar-refractivity contribution in [3.63, 3.8) is 0 Å². The second kappa shape index (κ2) is 4.36. The molecule has 0 radical (unpaired) electrons. The van der Waals surface area contributed by atoms with Gasteiger partial charge in [0.15, 0.2) is 0 Å². The summed E-state index contributed by atoms with van der Waals surface area (Å²) in [4.78, 5) is 21.8. The highest BCUT2D eigenvalue weighted by Gasteiger charge is 2.31. The standard InChI is InChI=1S/C15H21N3O/c19-14-7-13(16-15(17-14)12-5-6-12)18(8-10-1-2-10)9-11-3-4-11/h7,10-12H,1-6,8-9H2,(H,16,17,19). The highest BCUT2D eigenvalue weighted by atomic mass is 16.1. The van der Waals surface area contributed by atoms with Gasteiger partial charge in [0.05, 0.1) is 0 Å². The summed E-state index contributed by atoms with van der Waals surface area (Å²) < 4.78 is 0. The number of hydrogen-bond donors (Lipinski definition) is 1. The molecule has 1 heterocycles. The van der Waals surface area contributed by atoms with Crippen molar-refractivity contribution in [3.05, 3.63) is 22.2 Å². The molecule has 0 saturated heterocycles. The molecule has 0 aliphatic heterocycles. The zero-order chi connectivity index (χ0) is 12.8. The van der Waals surface area contributed by atoms with Crippen LogP contribution in [0.4, 0.5) is 5.82 Å². The minimum atomic E-state index is 0.0171. The van der Waals surface area contributed by atoms with E-state index in [2.05, 4.69) is 9.88 Å². The predicted molar refractivity (Wildman–Crippen MR) is 74.5 cm³/mol. The fourth-order valence-corrected chi connectivity index (χ4v) is 2.66. The van der Waals surface area contributed by atoms with Crippen LogP contribution in [0.1, 0.15) is 50.3 Å². The fraction of sp³-hybridized carbons (Fsp3) is 0.733. The molecule has 0 atom stereocenters. The van der Waals surface area contributed by atoms with Crippen molar-refractivity contribution in [1.29, 1.82) is 0 Å². The molecule has 1 aromatic rings. The topological polar surface area (TPSA) is 49.0 Å². The lowest BCUT2D eigenvalue weighted by Gasteiger charge is -2.23. The number of hydrogen-bond acceptors (Lipinski definition) is 3. The minimum Gasteiger partial charge on any atom is -0.356 e. The summed E-state index contributed by atoms with van der Waals surface area (Å²) in [5.41, 5.74) is 0.0171. The zero-order valence-electron chi connectivity index (χ0n) is 11.3. The Balaban J connectivity index is 1.59. The number of nitrogens with zero attached hydrogens (tertiary/aromatic N) is 2. The monoisotopic (exact) mass is 259 g/mol. The first kappa shape index (κ1) is 11.5. The number of rotatable bonds is 6. The molecule has 0 bridgehead atoms. The van der Waals surface area contributed by atoms with Gasteiger partial charge >= 0.3 is 0 Å². The van der Waals surface area contributed by atoms with Gasteiger partial charge in [-0.05, 0) is 50.4 Å². The molecule has 4 rings (SSSR count). The summed E-state index contributed by atoms with van der Waals surface area (Å²) in [5, 5.41) is 0. The predicted octanol–water partition coefficient (Wildman–Crippen LogP) is 2.27. The molecule has 4 nitrogen and oxygen atoms in total. The van der Waals surface area contributed by atoms with Gasteiger partial charge in [0, 0.05) is 25.1 Å². The van der Waals surface area contributed by atoms with Gasteiger partial charge in [-0.1, -0.05) is 0 Å². The summed E-state index contributed by atoms with van der Waals surface area (Å²) in [5.74, 6) is 4.02. The van der Waals surface area contributed by atoms with Crippen LogP contribution >= 0.6 is 0 Å². The van der Waals surface area contributed by atoms with Crippen molar-refractivity contribution >= 4 is 5.82 Å². The average Bonchev–Trinajstić information content (AvgIpc) is 3.26. The van der Waals surface area contributed by atoms with E-state index in [4.69, 9.17) is 4.98 Å². The fourth-order valence-electron chi connectivity index (χ4n) is 2.66. The van der Waals surface area contributed by atoms with Crippen LogP contribution in [0.2, 0.25) is 0 Å². The van der Waals surface area contributed by atoms with Crippen LogP contribution in [0.3, 0.4) is 0 Å². The average molecular weight is 259 g/mol. The van der Waals surface area contributed by atoms with Crippen molar-refractivity contribution in [3.8, 4) is 0 Å². The first-order valence-electron chi connectivity index (χ1n) is 7.64. The molecule has 3 saturated carbocycles. The van der Waals surface area contributed by atoms with E-state index in [-0.39, 0.29) is 5.56 Å². The molecule has 1 aromatic heterocycles. The van der Waals surface area contributed by atoms with E-state index in [1.54, 1.807) is 6.07 Å². The third-order valence-corrected chi connectivity index (χ3v) is 4.39. The lowest BCUT2D eigenvalue weighted by Crippen LogP contribution is -2.30. The van der Waals surface area contributed by atoms with Gasteiger partial charge in [0.2, 0.25) is 0 Å². The number of aromatic nitrogens is 2. The summed E-state index contributed by atoms with van der Waals surface area (Å²) in [6.45, 7) is 2.19. The second-order valence-corrected chi connectivity index (χ2v) is 6.55. The van der Waals surface area contributed by atoms with Gasteiger partial charge in [-0.25, -0.2) is 4.98 Å². The van der Waals surface area contributed by atoms with Crippen LogP contribution in [-0.4, -0.2) is 23.1 Å². The first-order chi connectivity index (χ1) is 9.28. The maximum atomic E-state index is 11.8. The Labute approximate surface area is 113 Å².